The van der Waals surface area contributed by atoms with Crippen LogP contribution in [0.2, 0.25) is 0 Å². The number of ketones is 1. The second-order valence-electron chi connectivity index (χ2n) is 8.01. The number of thiophene rings is 1. The third-order valence-corrected chi connectivity index (χ3v) is 6.59. The Morgan fingerprint density at radius 1 is 1.20 bits per heavy atom. The van der Waals surface area contributed by atoms with Crippen LogP contribution in [0.4, 0.5) is 4.39 Å². The number of Topliss-reactive ketones (excluding diaryl/α,β-unsaturated/α-hetero) is 1. The van der Waals surface area contributed by atoms with Crippen LogP contribution in [-0.4, -0.2) is 17.9 Å². The molecular weight excluding hydrogens is 401 g/mol. The second kappa shape index (κ2) is 8.19. The number of benzene rings is 1. The van der Waals surface area contributed by atoms with Crippen molar-refractivity contribution >= 4 is 23.1 Å². The quantitative estimate of drug-likeness (QED) is 0.684. The summed E-state index contributed by atoms with van der Waals surface area (Å²) in [6.45, 7) is 5.32. The van der Waals surface area contributed by atoms with Crippen molar-refractivity contribution in [1.29, 1.82) is 0 Å². The third kappa shape index (κ3) is 3.72. The summed E-state index contributed by atoms with van der Waals surface area (Å²) in [4.78, 5) is 27.5. The molecule has 1 N–H and O–H groups in total. The predicted octanol–water partition coefficient (Wildman–Crippen LogP) is 5.20. The second-order valence-corrected chi connectivity index (χ2v) is 8.99. The molecule has 2 aliphatic rings. The lowest BCUT2D eigenvalue weighted by atomic mass is 9.72. The van der Waals surface area contributed by atoms with Crippen LogP contribution in [0.15, 0.2) is 64.3 Å². The highest BCUT2D eigenvalue weighted by atomic mass is 32.1. The Hall–Kier alpha value is -2.73. The molecular formula is C24H24FNO3S. The predicted molar refractivity (Wildman–Crippen MR) is 115 cm³/mol. The van der Waals surface area contributed by atoms with Gasteiger partial charge in [-0.2, -0.15) is 0 Å². The highest BCUT2D eigenvalue weighted by Gasteiger charge is 2.42. The van der Waals surface area contributed by atoms with Crippen LogP contribution in [0.3, 0.4) is 0 Å². The van der Waals surface area contributed by atoms with E-state index < -0.39 is 17.7 Å². The number of nitrogens with one attached hydrogen (secondary N) is 1. The smallest absolute Gasteiger partial charge is 0.337 e. The summed E-state index contributed by atoms with van der Waals surface area (Å²) in [7, 11) is 0. The molecule has 2 aromatic rings. The Bertz CT molecular complexity index is 1050. The molecule has 2 atom stereocenters. The SMILES string of the molecule is CC1=C(C(=O)OC(C)C)C(c2ccccc2F)C2=C(CC(c3cccs3)CC2=O)N1. The largest absolute Gasteiger partial charge is 0.460 e. The van der Waals surface area contributed by atoms with Gasteiger partial charge in [0.05, 0.1) is 17.6 Å². The van der Waals surface area contributed by atoms with E-state index in [2.05, 4.69) is 5.32 Å². The maximum absolute atomic E-state index is 14.9. The molecule has 156 valence electrons. The summed E-state index contributed by atoms with van der Waals surface area (Å²) >= 11 is 1.63. The number of ether oxygens (including phenoxy) is 1. The molecule has 2 unspecified atom stereocenters. The van der Waals surface area contributed by atoms with Crippen LogP contribution < -0.4 is 5.32 Å². The first-order valence-electron chi connectivity index (χ1n) is 10.1. The van der Waals surface area contributed by atoms with E-state index in [9.17, 15) is 14.0 Å². The van der Waals surface area contributed by atoms with Crippen molar-refractivity contribution in [2.45, 2.75) is 51.6 Å². The van der Waals surface area contributed by atoms with E-state index in [4.69, 9.17) is 4.74 Å². The minimum Gasteiger partial charge on any atom is -0.460 e. The number of carbonyl (C=O) groups is 2. The molecule has 2 heterocycles. The van der Waals surface area contributed by atoms with Gasteiger partial charge in [0.25, 0.3) is 0 Å². The van der Waals surface area contributed by atoms with Crippen molar-refractivity contribution in [3.63, 3.8) is 0 Å². The van der Waals surface area contributed by atoms with E-state index in [0.717, 1.165) is 10.6 Å². The normalized spacial score (nSPS) is 21.6. The fourth-order valence-corrected chi connectivity index (χ4v) is 5.16. The van der Waals surface area contributed by atoms with Crippen LogP contribution in [0.5, 0.6) is 0 Å². The van der Waals surface area contributed by atoms with E-state index >= 15 is 0 Å². The van der Waals surface area contributed by atoms with Gasteiger partial charge in [0.15, 0.2) is 5.78 Å². The van der Waals surface area contributed by atoms with E-state index in [-0.39, 0.29) is 17.8 Å². The summed E-state index contributed by atoms with van der Waals surface area (Å²) in [5.74, 6) is -1.71. The van der Waals surface area contributed by atoms with Crippen molar-refractivity contribution in [1.82, 2.24) is 5.32 Å². The van der Waals surface area contributed by atoms with Gasteiger partial charge in [0, 0.05) is 39.7 Å². The molecule has 1 aromatic heterocycles. The molecule has 0 bridgehead atoms. The van der Waals surface area contributed by atoms with Crippen LogP contribution in [0, 0.1) is 5.82 Å². The summed E-state index contributed by atoms with van der Waals surface area (Å²) in [5, 5.41) is 5.29. The van der Waals surface area contributed by atoms with E-state index in [1.165, 1.54) is 6.07 Å². The highest BCUT2D eigenvalue weighted by molar-refractivity contribution is 7.10. The maximum Gasteiger partial charge on any atom is 0.337 e. The summed E-state index contributed by atoms with van der Waals surface area (Å²) in [6, 6.07) is 10.4. The molecule has 0 spiro atoms. The number of dihydropyridines is 1. The fourth-order valence-electron chi connectivity index (χ4n) is 4.33. The first-order valence-corrected chi connectivity index (χ1v) is 11.0. The molecule has 6 heteroatoms. The highest BCUT2D eigenvalue weighted by Crippen LogP contribution is 2.46. The zero-order chi connectivity index (χ0) is 21.4. The summed E-state index contributed by atoms with van der Waals surface area (Å²) in [6.07, 6.45) is 0.674. The average molecular weight is 426 g/mol. The molecule has 30 heavy (non-hydrogen) atoms. The van der Waals surface area contributed by atoms with Gasteiger partial charge in [-0.05, 0) is 44.7 Å². The van der Waals surface area contributed by atoms with Gasteiger partial charge in [0.2, 0.25) is 0 Å². The number of hydrogen-bond acceptors (Lipinski definition) is 5. The molecule has 0 saturated heterocycles. The summed E-state index contributed by atoms with van der Waals surface area (Å²) < 4.78 is 20.3. The van der Waals surface area contributed by atoms with Crippen molar-refractivity contribution in [3.05, 3.63) is 80.6 Å². The van der Waals surface area contributed by atoms with Gasteiger partial charge < -0.3 is 10.1 Å². The lowest BCUT2D eigenvalue weighted by Gasteiger charge is -2.36. The monoisotopic (exact) mass is 425 g/mol. The van der Waals surface area contributed by atoms with Gasteiger partial charge in [-0.1, -0.05) is 24.3 Å². The number of carbonyl (C=O) groups excluding carboxylic acids is 2. The Balaban J connectivity index is 1.83. The Labute approximate surface area is 179 Å². The molecule has 1 aliphatic heterocycles. The number of halogens is 1. The maximum atomic E-state index is 14.9. The van der Waals surface area contributed by atoms with Crippen molar-refractivity contribution in [2.24, 2.45) is 0 Å². The van der Waals surface area contributed by atoms with Crippen LogP contribution in [-0.2, 0) is 14.3 Å². The van der Waals surface area contributed by atoms with Gasteiger partial charge in [-0.15, -0.1) is 11.3 Å². The Morgan fingerprint density at radius 3 is 2.63 bits per heavy atom. The fraction of sp³-hybridized carbons (Fsp3) is 0.333. The van der Waals surface area contributed by atoms with Gasteiger partial charge in [-0.3, -0.25) is 4.79 Å². The van der Waals surface area contributed by atoms with Gasteiger partial charge in [0.1, 0.15) is 5.82 Å². The van der Waals surface area contributed by atoms with Crippen LogP contribution in [0.25, 0.3) is 0 Å². The Kier molecular flexibility index (Phi) is 5.60. The topological polar surface area (TPSA) is 55.4 Å². The lowest BCUT2D eigenvalue weighted by molar-refractivity contribution is -0.143. The molecule has 1 aliphatic carbocycles. The third-order valence-electron chi connectivity index (χ3n) is 5.55. The molecule has 0 fully saturated rings. The van der Waals surface area contributed by atoms with E-state index in [1.807, 2.05) is 17.5 Å². The van der Waals surface area contributed by atoms with Crippen LogP contribution >= 0.6 is 11.3 Å². The van der Waals surface area contributed by atoms with Crippen molar-refractivity contribution in [2.75, 3.05) is 0 Å². The molecule has 0 radical (unpaired) electrons. The number of esters is 1. The molecule has 0 amide bonds. The van der Waals surface area contributed by atoms with E-state index in [1.54, 1.807) is 50.3 Å². The van der Waals surface area contributed by atoms with Crippen LogP contribution in [0.1, 0.15) is 55.9 Å². The first-order chi connectivity index (χ1) is 14.4. The molecule has 4 rings (SSSR count). The molecule has 0 saturated carbocycles. The zero-order valence-electron chi connectivity index (χ0n) is 17.2. The van der Waals surface area contributed by atoms with Crippen molar-refractivity contribution < 1.29 is 18.7 Å². The minimum absolute atomic E-state index is 0.0576. The number of hydrogen-bond donors (Lipinski definition) is 1. The van der Waals surface area contributed by atoms with Gasteiger partial charge in [-0.25, -0.2) is 9.18 Å². The van der Waals surface area contributed by atoms with Crippen molar-refractivity contribution in [3.8, 4) is 0 Å². The first kappa shape index (κ1) is 20.5. The lowest BCUT2D eigenvalue weighted by Crippen LogP contribution is -2.36. The molecule has 1 aromatic carbocycles. The average Bonchev–Trinajstić information content (AvgIpc) is 3.21. The number of rotatable bonds is 4. The zero-order valence-corrected chi connectivity index (χ0v) is 18.0. The Morgan fingerprint density at radius 2 is 1.97 bits per heavy atom. The standard InChI is InChI=1S/C24H24FNO3S/c1-13(2)29-24(28)21-14(3)26-18-11-15(20-9-6-10-30-20)12-19(27)23(18)22(21)16-7-4-5-8-17(16)25/h4-10,13,15,22,26H,11-12H2,1-3H3. The number of allylic oxidation sites excluding steroid dienone is 3. The van der Waals surface area contributed by atoms with Gasteiger partial charge >= 0.3 is 5.97 Å². The molecule has 4 nitrogen and oxygen atoms in total. The summed E-state index contributed by atoms with van der Waals surface area (Å²) in [5.41, 5.74) is 2.48. The van der Waals surface area contributed by atoms with E-state index in [0.29, 0.717) is 35.2 Å². The minimum atomic E-state index is -0.773.